The average Bonchev–Trinajstić information content (AvgIpc) is 2.78. The van der Waals surface area contributed by atoms with Crippen molar-refractivity contribution < 1.29 is 14.3 Å². The van der Waals surface area contributed by atoms with E-state index in [0.717, 1.165) is 24.3 Å². The lowest BCUT2D eigenvalue weighted by atomic mass is 10.1. The molecular weight excluding hydrogens is 306 g/mol. The Labute approximate surface area is 143 Å². The van der Waals surface area contributed by atoms with Crippen LogP contribution in [0.15, 0.2) is 0 Å². The first-order chi connectivity index (χ1) is 11.2. The topological polar surface area (TPSA) is 74.4 Å². The van der Waals surface area contributed by atoms with Crippen LogP contribution < -0.4 is 5.32 Å². The third-order valence-electron chi connectivity index (χ3n) is 4.65. The fraction of sp³-hybridized carbons (Fsp3) is 0.667. The van der Waals surface area contributed by atoms with E-state index in [0.29, 0.717) is 17.8 Å². The molecule has 134 valence electrons. The van der Waals surface area contributed by atoms with Crippen LogP contribution >= 0.6 is 0 Å². The minimum absolute atomic E-state index is 0.0232. The number of morpholine rings is 1. The van der Waals surface area contributed by atoms with Crippen LogP contribution in [0.2, 0.25) is 0 Å². The standard InChI is InChI=1S/C18H29N3O3/c1-10(21-8-11(2)24-12(3)9-21)7-19-18(23)17-13(4)16(15(6)22)14(5)20-17/h10-12,20H,7-9H2,1-6H3,(H,19,23)/t10-,11+,12+/m0/s1. The van der Waals surface area contributed by atoms with Gasteiger partial charge in [0.1, 0.15) is 5.69 Å². The second-order valence-corrected chi connectivity index (χ2v) is 6.95. The predicted molar refractivity (Wildman–Crippen MR) is 93.6 cm³/mol. The molecule has 1 aliphatic heterocycles. The Balaban J connectivity index is 1.98. The summed E-state index contributed by atoms with van der Waals surface area (Å²) < 4.78 is 5.75. The number of aromatic nitrogens is 1. The number of carbonyl (C=O) groups is 2. The van der Waals surface area contributed by atoms with E-state index < -0.39 is 0 Å². The van der Waals surface area contributed by atoms with Crippen LogP contribution in [-0.4, -0.2) is 59.5 Å². The molecule has 24 heavy (non-hydrogen) atoms. The monoisotopic (exact) mass is 335 g/mol. The summed E-state index contributed by atoms with van der Waals surface area (Å²) in [5.74, 6) is -0.186. The van der Waals surface area contributed by atoms with E-state index in [-0.39, 0.29) is 29.9 Å². The maximum atomic E-state index is 12.5. The number of Topliss-reactive ketones (excluding diaryl/α,β-unsaturated/α-hetero) is 1. The number of nitrogens with one attached hydrogen (secondary N) is 2. The molecule has 0 bridgehead atoms. The number of hydrogen-bond donors (Lipinski definition) is 2. The molecule has 1 amide bonds. The number of ether oxygens (including phenoxy) is 1. The van der Waals surface area contributed by atoms with Crippen LogP contribution in [-0.2, 0) is 4.74 Å². The van der Waals surface area contributed by atoms with Crippen LogP contribution in [0.3, 0.4) is 0 Å². The van der Waals surface area contributed by atoms with Gasteiger partial charge in [-0.15, -0.1) is 0 Å². The molecule has 2 N–H and O–H groups in total. The summed E-state index contributed by atoms with van der Waals surface area (Å²) >= 11 is 0. The molecule has 1 aliphatic rings. The normalized spacial score (nSPS) is 23.1. The number of H-pyrrole nitrogens is 1. The molecule has 6 heteroatoms. The fourth-order valence-electron chi connectivity index (χ4n) is 3.54. The van der Waals surface area contributed by atoms with Crippen molar-refractivity contribution in [3.63, 3.8) is 0 Å². The van der Waals surface area contributed by atoms with Gasteiger partial charge in [-0.1, -0.05) is 0 Å². The van der Waals surface area contributed by atoms with Gasteiger partial charge in [-0.05, 0) is 47.1 Å². The number of ketones is 1. The molecule has 2 rings (SSSR count). The SMILES string of the molecule is CC(=O)c1c(C)[nH]c(C(=O)NC[C@H](C)N2C[C@@H](C)O[C@H](C)C2)c1C. The fourth-order valence-corrected chi connectivity index (χ4v) is 3.54. The smallest absolute Gasteiger partial charge is 0.268 e. The van der Waals surface area contributed by atoms with Crippen LogP contribution in [0.25, 0.3) is 0 Å². The molecule has 0 saturated carbocycles. The highest BCUT2D eigenvalue weighted by Gasteiger charge is 2.26. The second-order valence-electron chi connectivity index (χ2n) is 6.95. The average molecular weight is 335 g/mol. The minimum atomic E-state index is -0.163. The molecule has 1 aromatic rings. The quantitative estimate of drug-likeness (QED) is 0.808. The summed E-state index contributed by atoms with van der Waals surface area (Å²) in [7, 11) is 0. The molecule has 0 aromatic carbocycles. The van der Waals surface area contributed by atoms with Gasteiger partial charge in [0.15, 0.2) is 5.78 Å². The number of hydrogen-bond acceptors (Lipinski definition) is 4. The molecule has 0 aliphatic carbocycles. The summed E-state index contributed by atoms with van der Waals surface area (Å²) in [6, 6.07) is 0.228. The first-order valence-corrected chi connectivity index (χ1v) is 8.58. The Morgan fingerprint density at radius 3 is 2.38 bits per heavy atom. The van der Waals surface area contributed by atoms with E-state index in [1.54, 1.807) is 0 Å². The highest BCUT2D eigenvalue weighted by molar-refractivity contribution is 6.02. The zero-order valence-corrected chi connectivity index (χ0v) is 15.5. The number of amides is 1. The van der Waals surface area contributed by atoms with Crippen molar-refractivity contribution in [1.82, 2.24) is 15.2 Å². The number of nitrogens with zero attached hydrogens (tertiary/aromatic N) is 1. The second kappa shape index (κ2) is 7.49. The first-order valence-electron chi connectivity index (χ1n) is 8.58. The minimum Gasteiger partial charge on any atom is -0.373 e. The van der Waals surface area contributed by atoms with Gasteiger partial charge in [0.05, 0.1) is 12.2 Å². The zero-order valence-electron chi connectivity index (χ0n) is 15.5. The van der Waals surface area contributed by atoms with E-state index in [9.17, 15) is 9.59 Å². The lowest BCUT2D eigenvalue weighted by Crippen LogP contribution is -2.52. The van der Waals surface area contributed by atoms with E-state index in [1.165, 1.54) is 6.92 Å². The molecule has 2 heterocycles. The lowest BCUT2D eigenvalue weighted by Gasteiger charge is -2.38. The summed E-state index contributed by atoms with van der Waals surface area (Å²) in [4.78, 5) is 29.5. The Bertz CT molecular complexity index is 613. The molecule has 1 saturated heterocycles. The third-order valence-corrected chi connectivity index (χ3v) is 4.65. The van der Waals surface area contributed by atoms with Crippen molar-refractivity contribution in [3.8, 4) is 0 Å². The number of rotatable bonds is 5. The Hall–Kier alpha value is -1.66. The van der Waals surface area contributed by atoms with Gasteiger partial charge < -0.3 is 15.0 Å². The molecule has 1 fully saturated rings. The lowest BCUT2D eigenvalue weighted by molar-refractivity contribution is -0.0778. The molecule has 6 nitrogen and oxygen atoms in total. The van der Waals surface area contributed by atoms with Gasteiger partial charge in [0.25, 0.3) is 5.91 Å². The summed E-state index contributed by atoms with van der Waals surface area (Å²) in [6.07, 6.45) is 0.414. The largest absolute Gasteiger partial charge is 0.373 e. The maximum absolute atomic E-state index is 12.5. The van der Waals surface area contributed by atoms with Crippen molar-refractivity contribution in [2.75, 3.05) is 19.6 Å². The van der Waals surface area contributed by atoms with Crippen LogP contribution in [0, 0.1) is 13.8 Å². The summed E-state index contributed by atoms with van der Waals surface area (Å²) in [5, 5.41) is 2.98. The molecule has 0 spiro atoms. The van der Waals surface area contributed by atoms with Gasteiger partial charge in [-0.3, -0.25) is 14.5 Å². The van der Waals surface area contributed by atoms with Crippen molar-refractivity contribution in [2.24, 2.45) is 0 Å². The number of aryl methyl sites for hydroxylation is 1. The van der Waals surface area contributed by atoms with Gasteiger partial charge >= 0.3 is 0 Å². The van der Waals surface area contributed by atoms with Crippen molar-refractivity contribution in [1.29, 1.82) is 0 Å². The Kier molecular flexibility index (Phi) is 5.83. The summed E-state index contributed by atoms with van der Waals surface area (Å²) in [6.45, 7) is 13.7. The van der Waals surface area contributed by atoms with Gasteiger partial charge in [0, 0.05) is 36.9 Å². The Morgan fingerprint density at radius 1 is 1.29 bits per heavy atom. The number of carbonyl (C=O) groups excluding carboxylic acids is 2. The van der Waals surface area contributed by atoms with Crippen molar-refractivity contribution >= 4 is 11.7 Å². The van der Waals surface area contributed by atoms with Crippen molar-refractivity contribution in [3.05, 3.63) is 22.5 Å². The van der Waals surface area contributed by atoms with E-state index in [1.807, 2.05) is 13.8 Å². The van der Waals surface area contributed by atoms with Gasteiger partial charge in [-0.2, -0.15) is 0 Å². The molecule has 3 atom stereocenters. The highest BCUT2D eigenvalue weighted by atomic mass is 16.5. The van der Waals surface area contributed by atoms with E-state index in [4.69, 9.17) is 4.74 Å². The first kappa shape index (κ1) is 18.7. The van der Waals surface area contributed by atoms with Gasteiger partial charge in [-0.25, -0.2) is 0 Å². The van der Waals surface area contributed by atoms with Crippen LogP contribution in [0.1, 0.15) is 59.8 Å². The molecular formula is C18H29N3O3. The van der Waals surface area contributed by atoms with Crippen LogP contribution in [0.4, 0.5) is 0 Å². The third kappa shape index (κ3) is 4.05. The summed E-state index contributed by atoms with van der Waals surface area (Å²) in [5.41, 5.74) is 2.56. The zero-order chi connectivity index (χ0) is 18.0. The molecule has 1 aromatic heterocycles. The number of aromatic amines is 1. The van der Waals surface area contributed by atoms with Gasteiger partial charge in [0.2, 0.25) is 0 Å². The highest BCUT2D eigenvalue weighted by Crippen LogP contribution is 2.18. The Morgan fingerprint density at radius 2 is 1.88 bits per heavy atom. The van der Waals surface area contributed by atoms with Crippen LogP contribution in [0.5, 0.6) is 0 Å². The maximum Gasteiger partial charge on any atom is 0.268 e. The van der Waals surface area contributed by atoms with E-state index in [2.05, 4.69) is 36.0 Å². The van der Waals surface area contributed by atoms with Crippen molar-refractivity contribution in [2.45, 2.75) is 59.8 Å². The molecule has 0 radical (unpaired) electrons. The predicted octanol–water partition coefficient (Wildman–Crippen LogP) is 2.06. The van der Waals surface area contributed by atoms with E-state index >= 15 is 0 Å². The molecule has 0 unspecified atom stereocenters.